The average Bonchev–Trinajstić information content (AvgIpc) is 3.16. The Kier molecular flexibility index (Phi) is 4.56. The first kappa shape index (κ1) is 16.6. The molecule has 0 amide bonds. The van der Waals surface area contributed by atoms with Gasteiger partial charge in [-0.05, 0) is 42.5 Å². The predicted octanol–water partition coefficient (Wildman–Crippen LogP) is 5.90. The van der Waals surface area contributed by atoms with E-state index >= 15 is 0 Å². The third-order valence-electron chi connectivity index (χ3n) is 3.54. The van der Waals surface area contributed by atoms with Gasteiger partial charge in [0.1, 0.15) is 10.8 Å². The minimum Gasteiger partial charge on any atom is -0.438 e. The number of hydrogen-bond donors (Lipinski definition) is 0. The molecule has 0 saturated heterocycles. The highest BCUT2D eigenvalue weighted by molar-refractivity contribution is 6.35. The van der Waals surface area contributed by atoms with E-state index < -0.39 is 0 Å². The van der Waals surface area contributed by atoms with Gasteiger partial charge in [-0.25, -0.2) is 4.98 Å². The first-order valence-electron chi connectivity index (χ1n) is 7.67. The van der Waals surface area contributed by atoms with E-state index in [-0.39, 0.29) is 5.88 Å². The van der Waals surface area contributed by atoms with Crippen LogP contribution in [0.4, 0.5) is 0 Å². The maximum absolute atomic E-state index is 6.06. The largest absolute Gasteiger partial charge is 0.438 e. The van der Waals surface area contributed by atoms with Gasteiger partial charge in [0.15, 0.2) is 0 Å². The second-order valence-electron chi connectivity index (χ2n) is 5.35. The summed E-state index contributed by atoms with van der Waals surface area (Å²) in [7, 11) is 0. The number of aromatic nitrogens is 3. The molecule has 0 bridgehead atoms. The van der Waals surface area contributed by atoms with Crippen molar-refractivity contribution in [2.75, 3.05) is 0 Å². The van der Waals surface area contributed by atoms with Crippen molar-refractivity contribution in [2.45, 2.75) is 0 Å². The van der Waals surface area contributed by atoms with Gasteiger partial charge in [-0.3, -0.25) is 0 Å². The number of ether oxygens (including phenoxy) is 1. The Hall–Kier alpha value is -2.89. The summed E-state index contributed by atoms with van der Waals surface area (Å²) in [4.78, 5) is 4.06. The van der Waals surface area contributed by atoms with Crippen LogP contribution in [0.1, 0.15) is 0 Å². The summed E-state index contributed by atoms with van der Waals surface area (Å²) in [6.07, 6.45) is 1.47. The highest BCUT2D eigenvalue weighted by atomic mass is 35.5. The zero-order chi connectivity index (χ0) is 17.9. The molecule has 0 atom stereocenters. The maximum Gasteiger partial charge on any atom is 0.248 e. The molecule has 5 nitrogen and oxygen atoms in total. The zero-order valence-electron chi connectivity index (χ0n) is 13.3. The summed E-state index contributed by atoms with van der Waals surface area (Å²) >= 11 is 11.9. The molecule has 0 aliphatic rings. The van der Waals surface area contributed by atoms with Gasteiger partial charge >= 0.3 is 0 Å². The van der Waals surface area contributed by atoms with Crippen molar-refractivity contribution in [3.05, 3.63) is 76.9 Å². The number of benzene rings is 2. The molecule has 0 fully saturated rings. The van der Waals surface area contributed by atoms with Crippen molar-refractivity contribution in [2.24, 2.45) is 0 Å². The Labute approximate surface area is 159 Å². The smallest absolute Gasteiger partial charge is 0.248 e. The summed E-state index contributed by atoms with van der Waals surface area (Å²) in [6, 6.07) is 18.4. The molecule has 2 heterocycles. The van der Waals surface area contributed by atoms with Crippen LogP contribution in [0, 0.1) is 0 Å². The van der Waals surface area contributed by atoms with Gasteiger partial charge in [-0.2, -0.15) is 0 Å². The van der Waals surface area contributed by atoms with Gasteiger partial charge < -0.3 is 9.15 Å². The molecule has 26 heavy (non-hydrogen) atoms. The molecule has 2 aromatic heterocycles. The quantitative estimate of drug-likeness (QED) is 0.439. The molecule has 0 aliphatic carbocycles. The van der Waals surface area contributed by atoms with Gasteiger partial charge in [0.25, 0.3) is 0 Å². The fraction of sp³-hybridized carbons (Fsp3) is 0. The van der Waals surface area contributed by atoms with Gasteiger partial charge in [0.05, 0.1) is 5.02 Å². The molecule has 0 N–H and O–H groups in total. The van der Waals surface area contributed by atoms with E-state index in [2.05, 4.69) is 15.2 Å². The monoisotopic (exact) mass is 383 g/mol. The molecule has 4 rings (SSSR count). The second kappa shape index (κ2) is 7.15. The van der Waals surface area contributed by atoms with Crippen molar-refractivity contribution in [1.29, 1.82) is 0 Å². The fourth-order valence-corrected chi connectivity index (χ4v) is 2.71. The SMILES string of the molecule is Clc1cnc(Oc2ccc(-c3nnc(-c4ccccc4)o3)cc2)c(Cl)c1. The lowest BCUT2D eigenvalue weighted by Gasteiger charge is -2.06. The topological polar surface area (TPSA) is 61.0 Å². The van der Waals surface area contributed by atoms with Gasteiger partial charge in [0, 0.05) is 17.3 Å². The highest BCUT2D eigenvalue weighted by Gasteiger charge is 2.11. The molecule has 2 aromatic carbocycles. The lowest BCUT2D eigenvalue weighted by molar-refractivity contribution is 0.463. The third-order valence-corrected chi connectivity index (χ3v) is 4.01. The number of nitrogens with zero attached hydrogens (tertiary/aromatic N) is 3. The number of rotatable bonds is 4. The summed E-state index contributed by atoms with van der Waals surface area (Å²) in [5.41, 5.74) is 1.65. The Morgan fingerprint density at radius 1 is 0.808 bits per heavy atom. The molecule has 0 saturated carbocycles. The van der Waals surface area contributed by atoms with Crippen molar-refractivity contribution >= 4 is 23.2 Å². The fourth-order valence-electron chi connectivity index (χ4n) is 2.29. The molecular weight excluding hydrogens is 373 g/mol. The van der Waals surface area contributed by atoms with Gasteiger partial charge in [-0.15, -0.1) is 10.2 Å². The molecule has 0 radical (unpaired) electrons. The van der Waals surface area contributed by atoms with E-state index in [0.717, 1.165) is 11.1 Å². The highest BCUT2D eigenvalue weighted by Crippen LogP contribution is 2.30. The van der Waals surface area contributed by atoms with Crippen LogP contribution in [0.25, 0.3) is 22.9 Å². The van der Waals surface area contributed by atoms with E-state index in [1.165, 1.54) is 6.20 Å². The summed E-state index contributed by atoms with van der Waals surface area (Å²) in [6.45, 7) is 0. The minimum absolute atomic E-state index is 0.285. The molecule has 0 unspecified atom stereocenters. The van der Waals surface area contributed by atoms with Gasteiger partial charge in [0.2, 0.25) is 17.7 Å². The molecule has 4 aromatic rings. The Balaban J connectivity index is 1.54. The molecule has 0 spiro atoms. The van der Waals surface area contributed by atoms with E-state index in [0.29, 0.717) is 27.6 Å². The van der Waals surface area contributed by atoms with Crippen molar-refractivity contribution in [3.63, 3.8) is 0 Å². The van der Waals surface area contributed by atoms with E-state index in [9.17, 15) is 0 Å². The van der Waals surface area contributed by atoms with Crippen LogP contribution in [0.5, 0.6) is 11.6 Å². The normalized spacial score (nSPS) is 10.7. The molecule has 128 valence electrons. The Bertz CT molecular complexity index is 1030. The summed E-state index contributed by atoms with van der Waals surface area (Å²) < 4.78 is 11.4. The number of pyridine rings is 1. The van der Waals surface area contributed by atoms with Crippen LogP contribution < -0.4 is 4.74 Å². The first-order valence-corrected chi connectivity index (χ1v) is 8.43. The van der Waals surface area contributed by atoms with Crippen LogP contribution in [0.2, 0.25) is 10.0 Å². The average molecular weight is 384 g/mol. The lowest BCUT2D eigenvalue weighted by atomic mass is 10.2. The molecule has 7 heteroatoms. The number of halogens is 2. The molecule has 0 aliphatic heterocycles. The first-order chi connectivity index (χ1) is 12.7. The Morgan fingerprint density at radius 2 is 1.46 bits per heavy atom. The van der Waals surface area contributed by atoms with Gasteiger partial charge in [-0.1, -0.05) is 41.4 Å². The standard InChI is InChI=1S/C19H11Cl2N3O2/c20-14-10-16(21)19(22-11-14)25-15-8-6-13(7-9-15)18-24-23-17(26-18)12-4-2-1-3-5-12/h1-11H. The van der Waals surface area contributed by atoms with Crippen LogP contribution in [-0.4, -0.2) is 15.2 Å². The van der Waals surface area contributed by atoms with Crippen LogP contribution in [0.3, 0.4) is 0 Å². The molecular formula is C19H11Cl2N3O2. The lowest BCUT2D eigenvalue weighted by Crippen LogP contribution is -1.89. The number of hydrogen-bond acceptors (Lipinski definition) is 5. The van der Waals surface area contributed by atoms with Crippen LogP contribution in [0.15, 0.2) is 71.3 Å². The zero-order valence-corrected chi connectivity index (χ0v) is 14.8. The third kappa shape index (κ3) is 3.54. The maximum atomic E-state index is 6.06. The summed E-state index contributed by atoms with van der Waals surface area (Å²) in [5, 5.41) is 8.97. The summed E-state index contributed by atoms with van der Waals surface area (Å²) in [5.74, 6) is 1.76. The predicted molar refractivity (Wildman–Crippen MR) is 99.5 cm³/mol. The van der Waals surface area contributed by atoms with Crippen LogP contribution in [-0.2, 0) is 0 Å². The second-order valence-corrected chi connectivity index (χ2v) is 6.19. The van der Waals surface area contributed by atoms with E-state index in [4.69, 9.17) is 32.4 Å². The van der Waals surface area contributed by atoms with Crippen molar-refractivity contribution in [1.82, 2.24) is 15.2 Å². The van der Waals surface area contributed by atoms with Crippen molar-refractivity contribution in [3.8, 4) is 34.5 Å². The van der Waals surface area contributed by atoms with Crippen molar-refractivity contribution < 1.29 is 9.15 Å². The van der Waals surface area contributed by atoms with Crippen LogP contribution >= 0.6 is 23.2 Å². The minimum atomic E-state index is 0.285. The van der Waals surface area contributed by atoms with E-state index in [1.54, 1.807) is 18.2 Å². The Morgan fingerprint density at radius 3 is 2.12 bits per heavy atom. The van der Waals surface area contributed by atoms with E-state index in [1.807, 2.05) is 42.5 Å².